The van der Waals surface area contributed by atoms with E-state index in [1.54, 1.807) is 13.8 Å². The molecule has 4 N–H and O–H groups in total. The first-order valence-electron chi connectivity index (χ1n) is 8.95. The van der Waals surface area contributed by atoms with E-state index in [-0.39, 0.29) is 11.8 Å². The van der Waals surface area contributed by atoms with Gasteiger partial charge in [0, 0.05) is 0 Å². The van der Waals surface area contributed by atoms with Crippen LogP contribution in [0.3, 0.4) is 0 Å². The lowest BCUT2D eigenvalue weighted by Gasteiger charge is -2.27. The second kappa shape index (κ2) is 9.56. The molecule has 0 saturated carbocycles. The minimum absolute atomic E-state index is 0.271. The minimum atomic E-state index is -0.867. The first-order chi connectivity index (χ1) is 12.9. The Bertz CT molecular complexity index is 741. The lowest BCUT2D eigenvalue weighted by atomic mass is 10.0. The van der Waals surface area contributed by atoms with E-state index < -0.39 is 11.6 Å². The van der Waals surface area contributed by atoms with E-state index in [0.29, 0.717) is 12.2 Å². The summed E-state index contributed by atoms with van der Waals surface area (Å²) < 4.78 is 0. The van der Waals surface area contributed by atoms with E-state index in [1.165, 1.54) is 24.3 Å². The van der Waals surface area contributed by atoms with Gasteiger partial charge in [0.2, 0.25) is 11.8 Å². The Morgan fingerprint density at radius 3 is 2.67 bits per heavy atom. The van der Waals surface area contributed by atoms with E-state index in [0.717, 1.165) is 12.8 Å². The van der Waals surface area contributed by atoms with Crippen LogP contribution in [0.15, 0.2) is 55.6 Å². The monoisotopic (exact) mass is 369 g/mol. The summed E-state index contributed by atoms with van der Waals surface area (Å²) in [5, 5.41) is 8.49. The molecule has 0 spiro atoms. The number of aromatic amines is 1. The average molecular weight is 369 g/mol. The number of amides is 2. The molecular formula is C20H27N5O2. The van der Waals surface area contributed by atoms with Crippen molar-refractivity contribution in [1.29, 1.82) is 0 Å². The van der Waals surface area contributed by atoms with Crippen molar-refractivity contribution in [3.63, 3.8) is 0 Å². The molecule has 0 aliphatic rings. The quantitative estimate of drug-likeness (QED) is 0.517. The molecular weight excluding hydrogens is 342 g/mol. The molecule has 27 heavy (non-hydrogen) atoms. The Morgan fingerprint density at radius 2 is 2.04 bits per heavy atom. The molecule has 1 heterocycles. The Hall–Kier alpha value is -3.09. The summed E-state index contributed by atoms with van der Waals surface area (Å²) in [5.74, 6) is -0.0623. The summed E-state index contributed by atoms with van der Waals surface area (Å²) in [6.45, 7) is 7.06. The molecule has 0 saturated heterocycles. The Kier molecular flexibility index (Phi) is 7.16. The van der Waals surface area contributed by atoms with Crippen molar-refractivity contribution in [3.05, 3.63) is 61.2 Å². The van der Waals surface area contributed by atoms with Gasteiger partial charge in [0.25, 0.3) is 0 Å². The predicted octanol–water partition coefficient (Wildman–Crippen LogP) is 2.37. The molecule has 7 heteroatoms. The molecule has 1 atom stereocenters. The van der Waals surface area contributed by atoms with Crippen molar-refractivity contribution in [3.8, 4) is 0 Å². The number of carbonyl (C=O) groups is 2. The van der Waals surface area contributed by atoms with Crippen molar-refractivity contribution in [2.24, 2.45) is 0 Å². The molecule has 0 aliphatic heterocycles. The van der Waals surface area contributed by atoms with Crippen LogP contribution in [0.5, 0.6) is 0 Å². The third-order valence-corrected chi connectivity index (χ3v) is 4.21. The zero-order valence-corrected chi connectivity index (χ0v) is 15.8. The number of anilines is 1. The molecule has 144 valence electrons. The highest BCUT2D eigenvalue weighted by atomic mass is 16.2. The maximum Gasteiger partial charge on any atom is 0.248 e. The molecule has 2 amide bonds. The van der Waals surface area contributed by atoms with Crippen LogP contribution in [0.4, 0.5) is 5.82 Å². The molecule has 2 aromatic rings. The first kappa shape index (κ1) is 20.2. The van der Waals surface area contributed by atoms with Gasteiger partial charge in [-0.05, 0) is 44.9 Å². The van der Waals surface area contributed by atoms with Gasteiger partial charge in [0.05, 0.1) is 12.5 Å². The number of hydrogen-bond acceptors (Lipinski definition) is 4. The highest BCUT2D eigenvalue weighted by Crippen LogP contribution is 2.11. The number of nitrogens with one attached hydrogen (secondary N) is 4. The number of aryl methyl sites for hydroxylation is 1. The first-order valence-corrected chi connectivity index (χ1v) is 8.95. The van der Waals surface area contributed by atoms with E-state index in [9.17, 15) is 9.59 Å². The summed E-state index contributed by atoms with van der Waals surface area (Å²) in [7, 11) is 0. The van der Waals surface area contributed by atoms with Gasteiger partial charge in [0.1, 0.15) is 17.4 Å². The predicted molar refractivity (Wildman–Crippen MR) is 106 cm³/mol. The van der Waals surface area contributed by atoms with E-state index in [2.05, 4.69) is 44.6 Å². The van der Waals surface area contributed by atoms with Gasteiger partial charge in [-0.25, -0.2) is 4.98 Å². The standard InChI is InChI=1S/C20H27N5O2/c1-4-23-20(2,3)19(27)24-16(18(26)25-17-13-21-14-22-17)12-8-11-15-9-6-5-7-10-15/h4-7,9-10,13-14,16,23H,1,8,11-12H2,2-3H3,(H,21,22)(H,24,27)(H,25,26). The summed E-state index contributed by atoms with van der Waals surface area (Å²) in [5.41, 5.74) is 0.332. The summed E-state index contributed by atoms with van der Waals surface area (Å²) in [4.78, 5) is 32.0. The summed E-state index contributed by atoms with van der Waals surface area (Å²) in [6, 6.07) is 9.39. The van der Waals surface area contributed by atoms with Gasteiger partial charge in [-0.1, -0.05) is 36.9 Å². The lowest BCUT2D eigenvalue weighted by molar-refractivity contribution is -0.130. The van der Waals surface area contributed by atoms with Crippen molar-refractivity contribution < 1.29 is 9.59 Å². The van der Waals surface area contributed by atoms with E-state index in [1.807, 2.05) is 18.2 Å². The zero-order valence-electron chi connectivity index (χ0n) is 15.8. The van der Waals surface area contributed by atoms with Gasteiger partial charge >= 0.3 is 0 Å². The highest BCUT2D eigenvalue weighted by Gasteiger charge is 2.30. The molecule has 1 aromatic carbocycles. The van der Waals surface area contributed by atoms with E-state index in [4.69, 9.17) is 0 Å². The number of imidazole rings is 1. The molecule has 0 radical (unpaired) electrons. The Morgan fingerprint density at radius 1 is 1.30 bits per heavy atom. The van der Waals surface area contributed by atoms with Gasteiger partial charge in [-0.2, -0.15) is 0 Å². The van der Waals surface area contributed by atoms with Crippen LogP contribution < -0.4 is 16.0 Å². The fourth-order valence-corrected chi connectivity index (χ4v) is 2.63. The fourth-order valence-electron chi connectivity index (χ4n) is 2.63. The molecule has 1 unspecified atom stereocenters. The van der Waals surface area contributed by atoms with Crippen molar-refractivity contribution >= 4 is 17.6 Å². The van der Waals surface area contributed by atoms with Gasteiger partial charge in [0.15, 0.2) is 0 Å². The van der Waals surface area contributed by atoms with Crippen LogP contribution in [0.2, 0.25) is 0 Å². The second-order valence-corrected chi connectivity index (χ2v) is 6.83. The molecule has 1 aromatic heterocycles. The summed E-state index contributed by atoms with van der Waals surface area (Å²) >= 11 is 0. The number of H-pyrrole nitrogens is 1. The zero-order chi connectivity index (χ0) is 19.7. The van der Waals surface area contributed by atoms with Crippen LogP contribution in [-0.2, 0) is 16.0 Å². The third-order valence-electron chi connectivity index (χ3n) is 4.21. The maximum absolute atomic E-state index is 12.7. The minimum Gasteiger partial charge on any atom is -0.378 e. The molecule has 2 rings (SSSR count). The second-order valence-electron chi connectivity index (χ2n) is 6.83. The lowest BCUT2D eigenvalue weighted by Crippen LogP contribution is -2.55. The van der Waals surface area contributed by atoms with Gasteiger partial charge in [-0.15, -0.1) is 0 Å². The third kappa shape index (κ3) is 6.29. The number of aromatic nitrogens is 2. The molecule has 0 aliphatic carbocycles. The molecule has 0 bridgehead atoms. The van der Waals surface area contributed by atoms with E-state index >= 15 is 0 Å². The van der Waals surface area contributed by atoms with Crippen LogP contribution in [0, 0.1) is 0 Å². The van der Waals surface area contributed by atoms with Crippen molar-refractivity contribution in [2.45, 2.75) is 44.7 Å². The number of hydrogen-bond donors (Lipinski definition) is 4. The van der Waals surface area contributed by atoms with Crippen molar-refractivity contribution in [1.82, 2.24) is 20.6 Å². The van der Waals surface area contributed by atoms with Crippen molar-refractivity contribution in [2.75, 3.05) is 5.32 Å². The number of carbonyl (C=O) groups excluding carboxylic acids is 2. The Labute approximate surface area is 159 Å². The Balaban J connectivity index is 2.01. The van der Waals surface area contributed by atoms with Crippen LogP contribution in [0.25, 0.3) is 0 Å². The van der Waals surface area contributed by atoms with Gasteiger partial charge in [-0.3, -0.25) is 9.59 Å². The molecule has 0 fully saturated rings. The average Bonchev–Trinajstić information content (AvgIpc) is 3.14. The SMILES string of the molecule is C=CNC(C)(C)C(=O)NC(CCCc1ccccc1)C(=O)Nc1cnc[nH]1. The van der Waals surface area contributed by atoms with Crippen LogP contribution in [0.1, 0.15) is 32.3 Å². The fraction of sp³-hybridized carbons (Fsp3) is 0.350. The summed E-state index contributed by atoms with van der Waals surface area (Å²) in [6.07, 6.45) is 6.58. The smallest absolute Gasteiger partial charge is 0.248 e. The maximum atomic E-state index is 12.7. The largest absolute Gasteiger partial charge is 0.378 e. The highest BCUT2D eigenvalue weighted by molar-refractivity contribution is 5.97. The van der Waals surface area contributed by atoms with Gasteiger partial charge < -0.3 is 20.9 Å². The normalized spacial score (nSPS) is 12.1. The van der Waals surface area contributed by atoms with Crippen LogP contribution >= 0.6 is 0 Å². The molecule has 7 nitrogen and oxygen atoms in total. The van der Waals surface area contributed by atoms with Crippen LogP contribution in [-0.4, -0.2) is 33.4 Å². The number of rotatable bonds is 10. The topological polar surface area (TPSA) is 98.9 Å². The number of nitrogens with zero attached hydrogens (tertiary/aromatic N) is 1. The number of benzene rings is 1.